The molecular formula is C17H20N4O3. The first kappa shape index (κ1) is 16.0. The van der Waals surface area contributed by atoms with Gasteiger partial charge in [-0.05, 0) is 26.0 Å². The summed E-state index contributed by atoms with van der Waals surface area (Å²) in [5.74, 6) is 0.969. The molecule has 0 saturated carbocycles. The zero-order chi connectivity index (χ0) is 17.1. The van der Waals surface area contributed by atoms with E-state index in [1.807, 2.05) is 48.9 Å². The van der Waals surface area contributed by atoms with E-state index in [-0.39, 0.29) is 5.91 Å². The highest BCUT2D eigenvalue weighted by Crippen LogP contribution is 2.25. The summed E-state index contributed by atoms with van der Waals surface area (Å²) < 4.78 is 7.15. The lowest BCUT2D eigenvalue weighted by atomic mass is 10.0. The maximum absolute atomic E-state index is 12.4. The molecule has 0 aliphatic carbocycles. The fourth-order valence-electron chi connectivity index (χ4n) is 2.66. The van der Waals surface area contributed by atoms with Crippen LogP contribution in [0.1, 0.15) is 24.6 Å². The number of aromatic nitrogens is 2. The number of carbonyl (C=O) groups excluding carboxylic acids is 1. The van der Waals surface area contributed by atoms with E-state index in [2.05, 4.69) is 15.6 Å². The lowest BCUT2D eigenvalue weighted by Crippen LogP contribution is -2.28. The van der Waals surface area contributed by atoms with Gasteiger partial charge in [0.2, 0.25) is 6.10 Å². The molecule has 1 unspecified atom stereocenters. The quantitative estimate of drug-likeness (QED) is 0.914. The standard InChI is InChI=1S/C17H20N4O3/c1-4-21-11(2)9-16(19-21)18-17(22)15-10-13(20-24-15)12-7-5-6-8-14(12)23-3/h5-9,15H,4,10H2,1-3H3,(H,18,19,22). The van der Waals surface area contributed by atoms with E-state index in [1.54, 1.807) is 7.11 Å². The summed E-state index contributed by atoms with van der Waals surface area (Å²) in [7, 11) is 1.60. The van der Waals surface area contributed by atoms with E-state index < -0.39 is 6.10 Å². The van der Waals surface area contributed by atoms with Crippen molar-refractivity contribution in [3.63, 3.8) is 0 Å². The number of hydrogen-bond donors (Lipinski definition) is 1. The number of anilines is 1. The number of hydrogen-bond acceptors (Lipinski definition) is 5. The summed E-state index contributed by atoms with van der Waals surface area (Å²) in [6, 6.07) is 9.36. The second-order valence-corrected chi connectivity index (χ2v) is 5.51. The minimum atomic E-state index is -0.669. The predicted molar refractivity (Wildman–Crippen MR) is 90.3 cm³/mol. The van der Waals surface area contributed by atoms with Crippen molar-refractivity contribution in [2.75, 3.05) is 12.4 Å². The highest BCUT2D eigenvalue weighted by molar-refractivity contribution is 6.07. The molecule has 0 radical (unpaired) electrons. The molecule has 1 aliphatic heterocycles. The number of para-hydroxylation sites is 1. The van der Waals surface area contributed by atoms with Crippen molar-refractivity contribution in [2.45, 2.75) is 32.9 Å². The molecule has 126 valence electrons. The van der Waals surface area contributed by atoms with E-state index in [0.717, 1.165) is 17.8 Å². The minimum absolute atomic E-state index is 0.260. The van der Waals surface area contributed by atoms with Crippen LogP contribution in [0, 0.1) is 6.92 Å². The molecule has 7 nitrogen and oxygen atoms in total. The van der Waals surface area contributed by atoms with Crippen LogP contribution in [0.3, 0.4) is 0 Å². The Morgan fingerprint density at radius 2 is 2.25 bits per heavy atom. The van der Waals surface area contributed by atoms with Crippen LogP contribution >= 0.6 is 0 Å². The van der Waals surface area contributed by atoms with Crippen molar-refractivity contribution >= 4 is 17.4 Å². The third-order valence-electron chi connectivity index (χ3n) is 3.91. The highest BCUT2D eigenvalue weighted by atomic mass is 16.6. The van der Waals surface area contributed by atoms with Gasteiger partial charge in [-0.3, -0.25) is 9.48 Å². The van der Waals surface area contributed by atoms with Gasteiger partial charge in [0.25, 0.3) is 5.91 Å². The number of aryl methyl sites for hydroxylation is 2. The second-order valence-electron chi connectivity index (χ2n) is 5.51. The molecule has 2 heterocycles. The average molecular weight is 328 g/mol. The summed E-state index contributed by atoms with van der Waals surface area (Å²) in [6.45, 7) is 4.70. The summed E-state index contributed by atoms with van der Waals surface area (Å²) in [4.78, 5) is 17.7. The number of benzene rings is 1. The number of oxime groups is 1. The van der Waals surface area contributed by atoms with Gasteiger partial charge in [-0.25, -0.2) is 0 Å². The van der Waals surface area contributed by atoms with Crippen LogP contribution in [0.4, 0.5) is 5.82 Å². The third-order valence-corrected chi connectivity index (χ3v) is 3.91. The van der Waals surface area contributed by atoms with Gasteiger partial charge in [-0.15, -0.1) is 0 Å². The van der Waals surface area contributed by atoms with Gasteiger partial charge >= 0.3 is 0 Å². The molecule has 1 aliphatic rings. The van der Waals surface area contributed by atoms with Gasteiger partial charge in [-0.2, -0.15) is 5.10 Å². The Bertz CT molecular complexity index is 782. The molecule has 1 amide bonds. The van der Waals surface area contributed by atoms with E-state index >= 15 is 0 Å². The SMILES string of the molecule is CCn1nc(NC(=O)C2CC(c3ccccc3OC)=NO2)cc1C. The predicted octanol–water partition coefficient (Wildman–Crippen LogP) is 2.35. The molecule has 0 fully saturated rings. The zero-order valence-electron chi connectivity index (χ0n) is 13.9. The van der Waals surface area contributed by atoms with Crippen LogP contribution in [0.15, 0.2) is 35.5 Å². The van der Waals surface area contributed by atoms with Crippen LogP contribution in [-0.2, 0) is 16.2 Å². The number of carbonyl (C=O) groups is 1. The van der Waals surface area contributed by atoms with E-state index in [0.29, 0.717) is 23.7 Å². The monoisotopic (exact) mass is 328 g/mol. The average Bonchev–Trinajstić information content (AvgIpc) is 3.21. The molecule has 1 aromatic carbocycles. The Morgan fingerprint density at radius 1 is 1.46 bits per heavy atom. The number of ether oxygens (including phenoxy) is 1. The van der Waals surface area contributed by atoms with Gasteiger partial charge < -0.3 is 14.9 Å². The van der Waals surface area contributed by atoms with Gasteiger partial charge in [0.05, 0.1) is 12.8 Å². The number of methoxy groups -OCH3 is 1. The Balaban J connectivity index is 1.66. The Morgan fingerprint density at radius 3 is 2.96 bits per heavy atom. The summed E-state index contributed by atoms with van der Waals surface area (Å²) >= 11 is 0. The number of nitrogens with zero attached hydrogens (tertiary/aromatic N) is 3. The maximum Gasteiger partial charge on any atom is 0.269 e. The van der Waals surface area contributed by atoms with Gasteiger partial charge in [0.15, 0.2) is 5.82 Å². The summed E-state index contributed by atoms with van der Waals surface area (Å²) in [6.07, 6.45) is -0.281. The normalized spacial score (nSPS) is 16.5. The van der Waals surface area contributed by atoms with Crippen LogP contribution < -0.4 is 10.1 Å². The Hall–Kier alpha value is -2.83. The molecule has 7 heteroatoms. The lowest BCUT2D eigenvalue weighted by molar-refractivity contribution is -0.125. The molecule has 0 spiro atoms. The van der Waals surface area contributed by atoms with Crippen molar-refractivity contribution in [1.82, 2.24) is 9.78 Å². The fourth-order valence-corrected chi connectivity index (χ4v) is 2.66. The molecule has 2 aromatic rings. The third kappa shape index (κ3) is 3.10. The van der Waals surface area contributed by atoms with Gasteiger partial charge in [0, 0.05) is 30.3 Å². The summed E-state index contributed by atoms with van der Waals surface area (Å²) in [5, 5.41) is 11.1. The Labute approximate surface area is 140 Å². The Kier molecular flexibility index (Phi) is 4.50. The van der Waals surface area contributed by atoms with Crippen molar-refractivity contribution in [3.8, 4) is 5.75 Å². The highest BCUT2D eigenvalue weighted by Gasteiger charge is 2.30. The number of rotatable bonds is 5. The first-order valence-electron chi connectivity index (χ1n) is 7.83. The van der Waals surface area contributed by atoms with E-state index in [4.69, 9.17) is 9.57 Å². The van der Waals surface area contributed by atoms with Crippen molar-refractivity contribution in [3.05, 3.63) is 41.6 Å². The largest absolute Gasteiger partial charge is 0.496 e. The molecular weight excluding hydrogens is 308 g/mol. The van der Waals surface area contributed by atoms with E-state index in [1.165, 1.54) is 0 Å². The van der Waals surface area contributed by atoms with Crippen molar-refractivity contribution in [1.29, 1.82) is 0 Å². The fraction of sp³-hybridized carbons (Fsp3) is 0.353. The van der Waals surface area contributed by atoms with Crippen LogP contribution in [-0.4, -0.2) is 34.6 Å². The molecule has 3 rings (SSSR count). The van der Waals surface area contributed by atoms with Crippen LogP contribution in [0.5, 0.6) is 5.75 Å². The molecule has 0 saturated heterocycles. The molecule has 24 heavy (non-hydrogen) atoms. The summed E-state index contributed by atoms with van der Waals surface area (Å²) in [5.41, 5.74) is 2.52. The molecule has 1 atom stereocenters. The minimum Gasteiger partial charge on any atom is -0.496 e. The maximum atomic E-state index is 12.4. The van der Waals surface area contributed by atoms with E-state index in [9.17, 15) is 4.79 Å². The number of nitrogens with one attached hydrogen (secondary N) is 1. The molecule has 1 N–H and O–H groups in total. The first-order valence-corrected chi connectivity index (χ1v) is 7.83. The van der Waals surface area contributed by atoms with Crippen molar-refractivity contribution < 1.29 is 14.4 Å². The first-order chi connectivity index (χ1) is 11.6. The lowest BCUT2D eigenvalue weighted by Gasteiger charge is -2.08. The molecule has 1 aromatic heterocycles. The zero-order valence-corrected chi connectivity index (χ0v) is 13.9. The smallest absolute Gasteiger partial charge is 0.269 e. The van der Waals surface area contributed by atoms with Crippen LogP contribution in [0.25, 0.3) is 0 Å². The molecule has 0 bridgehead atoms. The van der Waals surface area contributed by atoms with Gasteiger partial charge in [-0.1, -0.05) is 17.3 Å². The van der Waals surface area contributed by atoms with Crippen molar-refractivity contribution in [2.24, 2.45) is 5.16 Å². The second kappa shape index (κ2) is 6.74. The van der Waals surface area contributed by atoms with Gasteiger partial charge in [0.1, 0.15) is 5.75 Å². The topological polar surface area (TPSA) is 77.7 Å². The number of amides is 1. The van der Waals surface area contributed by atoms with Crippen LogP contribution in [0.2, 0.25) is 0 Å².